The van der Waals surface area contributed by atoms with E-state index in [0.717, 1.165) is 11.1 Å². The van der Waals surface area contributed by atoms with E-state index in [4.69, 9.17) is 0 Å². The number of rotatable bonds is 0. The van der Waals surface area contributed by atoms with Crippen molar-refractivity contribution in [3.63, 3.8) is 0 Å². The zero-order chi connectivity index (χ0) is 6.15. The van der Waals surface area contributed by atoms with Gasteiger partial charge in [-0.25, -0.2) is 0 Å². The van der Waals surface area contributed by atoms with Crippen LogP contribution in [-0.2, 0) is 168 Å². The van der Waals surface area contributed by atoms with Crippen LogP contribution in [0.5, 0.6) is 0 Å². The first kappa shape index (κ1) is 30.6. The third kappa shape index (κ3) is 12.9. The molecule has 0 spiro atoms. The molecule has 1 rings (SSSR count). The monoisotopic (exact) mass is 551 g/mol. The summed E-state index contributed by atoms with van der Waals surface area (Å²) in [4.78, 5) is 10.4. The fraction of sp³-hybridized carbons (Fsp3) is 0.286. The van der Waals surface area contributed by atoms with Gasteiger partial charge in [-0.2, -0.15) is 6.92 Å². The fourth-order valence-corrected chi connectivity index (χ4v) is 0.559. The van der Waals surface area contributed by atoms with Crippen LogP contribution in [0.4, 0.5) is 0 Å². The number of carbonyl (C=O) groups is 1. The second-order valence-electron chi connectivity index (χ2n) is 1.83. The summed E-state index contributed by atoms with van der Waals surface area (Å²) in [6.07, 6.45) is 5.19. The van der Waals surface area contributed by atoms with Gasteiger partial charge >= 0.3 is 0 Å². The molecule has 0 aliphatic heterocycles. The van der Waals surface area contributed by atoms with Crippen LogP contribution in [-0.4, -0.2) is 5.78 Å². The molecule has 0 amide bonds. The van der Waals surface area contributed by atoms with Gasteiger partial charge in [-0.1, -0.05) is 12.7 Å². The van der Waals surface area contributed by atoms with Crippen LogP contribution in [0.1, 0.15) is 13.8 Å². The minimum atomic E-state index is -0.125. The first-order chi connectivity index (χ1) is 3.70. The van der Waals surface area contributed by atoms with Crippen molar-refractivity contribution in [3.8, 4) is 0 Å². The molecule has 0 unspecified atom stereocenters. The summed E-state index contributed by atoms with van der Waals surface area (Å²) in [5, 5.41) is 0. The Balaban J connectivity index is -0.0000000427. The van der Waals surface area contributed by atoms with Gasteiger partial charge in [-0.15, -0.1) is 0 Å². The third-order valence-corrected chi connectivity index (χ3v) is 1.16. The summed E-state index contributed by atoms with van der Waals surface area (Å²) in [5.74, 6) is -0.125. The topological polar surface area (TPSA) is 17.1 Å². The summed E-state index contributed by atoms with van der Waals surface area (Å²) < 4.78 is 0. The molecule has 0 aromatic rings. The van der Waals surface area contributed by atoms with Crippen LogP contribution >= 0.6 is 0 Å². The van der Waals surface area contributed by atoms with Gasteiger partial charge in [-0.05, 0) is 0 Å². The fourth-order valence-electron chi connectivity index (χ4n) is 0.559. The summed E-state index contributed by atoms with van der Waals surface area (Å²) in [6.45, 7) is 3.71. The van der Waals surface area contributed by atoms with Crippen molar-refractivity contribution in [2.45, 2.75) is 13.8 Å². The number of Topliss-reactive ketones (excluding diaryl/α,β-unsaturated/α-hetero) is 1. The first-order valence-electron chi connectivity index (χ1n) is 2.45. The molecule has 0 fully saturated rings. The minimum absolute atomic E-state index is 0. The molecule has 1 aliphatic carbocycles. The molecule has 1 nitrogen and oxygen atoms in total. The van der Waals surface area contributed by atoms with Gasteiger partial charge in [0.15, 0.2) is 0 Å². The molecule has 0 bridgehead atoms. The van der Waals surface area contributed by atoms with Crippen LogP contribution in [0.25, 0.3) is 0 Å². The van der Waals surface area contributed by atoms with Crippen LogP contribution < -0.4 is 0 Å². The normalized spacial score (nSPS) is 11.4. The number of allylic oxidation sites excluding steroid dienone is 4. The van der Waals surface area contributed by atoms with Crippen molar-refractivity contribution < 1.29 is 168 Å². The van der Waals surface area contributed by atoms with Gasteiger partial charge in [0, 0.05) is 164 Å². The Kier molecular flexibility index (Phi) is 39.2. The Morgan fingerprint density at radius 2 is 1.00 bits per heavy atom. The third-order valence-electron chi connectivity index (χ3n) is 1.16. The van der Waals surface area contributed by atoms with E-state index in [-0.39, 0.29) is 169 Å². The molecule has 5 radical (unpaired) electrons. The van der Waals surface area contributed by atoms with Crippen molar-refractivity contribution in [1.29, 1.82) is 0 Å². The number of hydrogen-bond donors (Lipinski definition) is 0. The average molecular weight is 551 g/mol. The van der Waals surface area contributed by atoms with Crippen LogP contribution in [0.2, 0.25) is 0 Å². The van der Waals surface area contributed by atoms with E-state index in [9.17, 15) is 4.79 Å². The molecule has 0 aromatic carbocycles. The molecule has 0 saturated carbocycles. The molecule has 13 heavy (non-hydrogen) atoms. The Labute approximate surface area is 206 Å². The van der Waals surface area contributed by atoms with E-state index >= 15 is 0 Å². The van der Waals surface area contributed by atoms with Crippen molar-refractivity contribution >= 4 is 5.78 Å². The maximum Gasteiger partial charge on any atom is 0 e. The molecule has 0 atom stereocenters. The molecule has 57 valence electrons. The average Bonchev–Trinajstić information content (AvgIpc) is 1.85. The van der Waals surface area contributed by atoms with Gasteiger partial charge < -0.3 is 28.1 Å². The Morgan fingerprint density at radius 1 is 0.769 bits per heavy atom. The van der Waals surface area contributed by atoms with Crippen molar-refractivity contribution in [2.24, 2.45) is 0 Å². The smallest absolute Gasteiger partial charge is 0 e. The molecular formula is C7H6OY5-2. The maximum absolute atomic E-state index is 10.4. The van der Waals surface area contributed by atoms with Gasteiger partial charge in [0.25, 0.3) is 0 Å². The van der Waals surface area contributed by atoms with E-state index in [1.807, 2.05) is 13.8 Å². The zero-order valence-electron chi connectivity index (χ0n) is 7.79. The van der Waals surface area contributed by atoms with Crippen molar-refractivity contribution in [3.05, 3.63) is 23.3 Å². The van der Waals surface area contributed by atoms with Crippen LogP contribution in [0.3, 0.4) is 0 Å². The van der Waals surface area contributed by atoms with Gasteiger partial charge in [0.1, 0.15) is 0 Å². The summed E-state index contributed by atoms with van der Waals surface area (Å²) in [6, 6.07) is 0. The zero-order valence-corrected chi connectivity index (χ0v) is 22.0. The molecule has 6 heteroatoms. The second-order valence-corrected chi connectivity index (χ2v) is 1.83. The van der Waals surface area contributed by atoms with E-state index < -0.39 is 0 Å². The van der Waals surface area contributed by atoms with E-state index in [2.05, 4.69) is 12.2 Å². The van der Waals surface area contributed by atoms with Gasteiger partial charge in [-0.3, -0.25) is 0 Å². The quantitative estimate of drug-likeness (QED) is 0.413. The van der Waals surface area contributed by atoms with Crippen LogP contribution in [0.15, 0.2) is 11.1 Å². The predicted molar refractivity (Wildman–Crippen MR) is 29.9 cm³/mol. The van der Waals surface area contributed by atoms with E-state index in [0.29, 0.717) is 0 Å². The number of carbonyl (C=O) groups excluding carboxylic acids is 1. The Hall–Kier alpha value is 4.67. The Morgan fingerprint density at radius 3 is 1.08 bits per heavy atom. The Bertz CT molecular complexity index is 177. The SMILES string of the molecule is CC1=[C-]C(=O)[C-]=C1C.[Y].[Y].[Y].[Y].[Y]. The minimum Gasteiger partial charge on any atom is -0.418 e. The van der Waals surface area contributed by atoms with Crippen molar-refractivity contribution in [1.82, 2.24) is 0 Å². The summed E-state index contributed by atoms with van der Waals surface area (Å²) in [7, 11) is 0. The molecular weight excluding hydrogens is 545 g/mol. The number of hydrogen-bond acceptors (Lipinski definition) is 1. The maximum atomic E-state index is 10.4. The predicted octanol–water partition coefficient (Wildman–Crippen LogP) is 1.06. The second kappa shape index (κ2) is 16.7. The largest absolute Gasteiger partial charge is 0.418 e. The van der Waals surface area contributed by atoms with E-state index in [1.54, 1.807) is 0 Å². The van der Waals surface area contributed by atoms with Crippen molar-refractivity contribution in [2.75, 3.05) is 0 Å². The summed E-state index contributed by atoms with van der Waals surface area (Å²) in [5.41, 5.74) is 1.82. The molecule has 0 heterocycles. The first-order valence-corrected chi connectivity index (χ1v) is 2.45. The standard InChI is InChI=1S/C7H6O.5Y/c1-5-3-7(8)4-6(5)2;;;;;/h1-2H3;;;;;/q-2;;;;;. The molecule has 0 aromatic heterocycles. The molecule has 0 N–H and O–H groups in total. The number of ketones is 1. The van der Waals surface area contributed by atoms with Crippen LogP contribution in [0, 0.1) is 12.2 Å². The molecule has 1 aliphatic rings. The van der Waals surface area contributed by atoms with Gasteiger partial charge in [0.2, 0.25) is 0 Å². The summed E-state index contributed by atoms with van der Waals surface area (Å²) >= 11 is 0. The molecule has 0 saturated heterocycles. The van der Waals surface area contributed by atoms with E-state index in [1.165, 1.54) is 0 Å². The van der Waals surface area contributed by atoms with Gasteiger partial charge in [0.05, 0.1) is 0 Å².